The van der Waals surface area contributed by atoms with Crippen LogP contribution >= 0.6 is 11.6 Å². The van der Waals surface area contributed by atoms with Crippen LogP contribution in [0.2, 0.25) is 5.15 Å². The highest BCUT2D eigenvalue weighted by atomic mass is 35.5. The summed E-state index contributed by atoms with van der Waals surface area (Å²) in [6.07, 6.45) is 0.328. The minimum atomic E-state index is -0.236. The average molecular weight is 244 g/mol. The molecule has 0 radical (unpaired) electrons. The van der Waals surface area contributed by atoms with E-state index in [1.165, 1.54) is 7.11 Å². The van der Waals surface area contributed by atoms with Crippen LogP contribution in [0.25, 0.3) is 0 Å². The Morgan fingerprint density at radius 2 is 2.25 bits per heavy atom. The molecular weight excluding hydrogens is 230 g/mol. The zero-order chi connectivity index (χ0) is 12.0. The van der Waals surface area contributed by atoms with Crippen LogP contribution in [0.3, 0.4) is 0 Å². The first-order valence-corrected chi connectivity index (χ1v) is 5.36. The van der Waals surface area contributed by atoms with Crippen molar-refractivity contribution in [3.63, 3.8) is 0 Å². The van der Waals surface area contributed by atoms with Gasteiger partial charge in [0.05, 0.1) is 13.5 Å². The molecule has 0 spiro atoms. The summed E-state index contributed by atoms with van der Waals surface area (Å²) in [7, 11) is 1.38. The van der Waals surface area contributed by atoms with Gasteiger partial charge in [0.25, 0.3) is 0 Å². The predicted octanol–water partition coefficient (Wildman–Crippen LogP) is 1.52. The van der Waals surface area contributed by atoms with Crippen LogP contribution in [0.15, 0.2) is 12.1 Å². The molecule has 0 aliphatic heterocycles. The molecule has 1 aromatic rings. The summed E-state index contributed by atoms with van der Waals surface area (Å²) in [5.74, 6) is 0.469. The van der Waals surface area contributed by atoms with Gasteiger partial charge in [0.2, 0.25) is 0 Å². The summed E-state index contributed by atoms with van der Waals surface area (Å²) < 4.78 is 4.58. The van der Waals surface area contributed by atoms with Crippen molar-refractivity contribution in [3.8, 4) is 0 Å². The summed E-state index contributed by atoms with van der Waals surface area (Å²) in [6.45, 7) is 3.28. The fourth-order valence-electron chi connectivity index (χ4n) is 1.24. The second kappa shape index (κ2) is 6.27. The molecule has 88 valence electrons. The predicted molar refractivity (Wildman–Crippen MR) is 61.6 cm³/mol. The van der Waals surface area contributed by atoms with E-state index in [0.717, 1.165) is 6.54 Å². The Morgan fingerprint density at radius 1 is 1.50 bits per heavy atom. The highest BCUT2D eigenvalue weighted by molar-refractivity contribution is 6.29. The molecule has 0 atom stereocenters. The summed E-state index contributed by atoms with van der Waals surface area (Å²) in [5, 5.41) is 8.05. The van der Waals surface area contributed by atoms with Gasteiger partial charge in [0.15, 0.2) is 11.0 Å². The van der Waals surface area contributed by atoms with E-state index in [9.17, 15) is 4.79 Å². The molecule has 16 heavy (non-hydrogen) atoms. The molecule has 0 unspecified atom stereocenters. The molecule has 6 heteroatoms. The lowest BCUT2D eigenvalue weighted by molar-refractivity contribution is -0.140. The first-order valence-electron chi connectivity index (χ1n) is 4.98. The fraction of sp³-hybridized carbons (Fsp3) is 0.500. The van der Waals surface area contributed by atoms with E-state index in [1.807, 2.05) is 11.8 Å². The Morgan fingerprint density at radius 3 is 2.75 bits per heavy atom. The summed E-state index contributed by atoms with van der Waals surface area (Å²) >= 11 is 5.64. The van der Waals surface area contributed by atoms with Crippen molar-refractivity contribution in [2.45, 2.75) is 13.3 Å². The first-order chi connectivity index (χ1) is 7.67. The van der Waals surface area contributed by atoms with Gasteiger partial charge in [-0.3, -0.25) is 4.79 Å². The maximum absolute atomic E-state index is 11.0. The number of carbonyl (C=O) groups is 1. The number of anilines is 1. The van der Waals surface area contributed by atoms with Crippen LogP contribution in [0.4, 0.5) is 5.82 Å². The van der Waals surface area contributed by atoms with Crippen molar-refractivity contribution in [3.05, 3.63) is 17.3 Å². The molecule has 0 fully saturated rings. The quantitative estimate of drug-likeness (QED) is 0.734. The van der Waals surface area contributed by atoms with E-state index in [4.69, 9.17) is 11.6 Å². The summed E-state index contributed by atoms with van der Waals surface area (Å²) in [5.41, 5.74) is 0. The van der Waals surface area contributed by atoms with Gasteiger partial charge in [-0.2, -0.15) is 0 Å². The Labute approximate surface area is 99.4 Å². The zero-order valence-corrected chi connectivity index (χ0v) is 10.1. The van der Waals surface area contributed by atoms with Crippen LogP contribution in [0.1, 0.15) is 13.3 Å². The maximum atomic E-state index is 11.0. The largest absolute Gasteiger partial charge is 0.469 e. The van der Waals surface area contributed by atoms with E-state index < -0.39 is 0 Å². The Balaban J connectivity index is 2.60. The standard InChI is InChI=1S/C10H14ClN3O2/c1-3-14(7-6-10(15)16-2)9-5-4-8(11)12-13-9/h4-5H,3,6-7H2,1-2H3. The number of hydrogen-bond donors (Lipinski definition) is 0. The molecular formula is C10H14ClN3O2. The van der Waals surface area contributed by atoms with Gasteiger partial charge in [-0.1, -0.05) is 11.6 Å². The molecule has 5 nitrogen and oxygen atoms in total. The number of methoxy groups -OCH3 is 1. The lowest BCUT2D eigenvalue weighted by atomic mass is 10.3. The lowest BCUT2D eigenvalue weighted by Gasteiger charge is -2.20. The minimum Gasteiger partial charge on any atom is -0.469 e. The number of esters is 1. The molecule has 1 heterocycles. The van der Waals surface area contributed by atoms with Crippen LogP contribution in [0.5, 0.6) is 0 Å². The van der Waals surface area contributed by atoms with Crippen LogP contribution < -0.4 is 4.90 Å². The van der Waals surface area contributed by atoms with Crippen molar-refractivity contribution in [1.82, 2.24) is 10.2 Å². The Hall–Kier alpha value is -1.36. The summed E-state index contributed by atoms with van der Waals surface area (Å²) in [4.78, 5) is 12.9. The van der Waals surface area contributed by atoms with Gasteiger partial charge >= 0.3 is 5.97 Å². The third-order valence-electron chi connectivity index (χ3n) is 2.14. The van der Waals surface area contributed by atoms with E-state index in [-0.39, 0.29) is 5.97 Å². The third-order valence-corrected chi connectivity index (χ3v) is 2.34. The highest BCUT2D eigenvalue weighted by Crippen LogP contribution is 2.11. The fourth-order valence-corrected chi connectivity index (χ4v) is 1.34. The number of nitrogens with zero attached hydrogens (tertiary/aromatic N) is 3. The second-order valence-corrected chi connectivity index (χ2v) is 3.51. The van der Waals surface area contributed by atoms with E-state index in [2.05, 4.69) is 14.9 Å². The van der Waals surface area contributed by atoms with Crippen molar-refractivity contribution in [2.24, 2.45) is 0 Å². The molecule has 0 saturated heterocycles. The van der Waals surface area contributed by atoms with Gasteiger partial charge in [0.1, 0.15) is 0 Å². The summed E-state index contributed by atoms with van der Waals surface area (Å²) in [6, 6.07) is 3.45. The van der Waals surface area contributed by atoms with Crippen molar-refractivity contribution < 1.29 is 9.53 Å². The van der Waals surface area contributed by atoms with Crippen LogP contribution in [-0.2, 0) is 9.53 Å². The van der Waals surface area contributed by atoms with Crippen molar-refractivity contribution in [2.75, 3.05) is 25.1 Å². The SMILES string of the molecule is CCN(CCC(=O)OC)c1ccc(Cl)nn1. The normalized spacial score (nSPS) is 9.94. The average Bonchev–Trinajstić information content (AvgIpc) is 2.31. The van der Waals surface area contributed by atoms with Gasteiger partial charge < -0.3 is 9.64 Å². The molecule has 0 amide bonds. The van der Waals surface area contributed by atoms with Crippen molar-refractivity contribution in [1.29, 1.82) is 0 Å². The molecule has 0 saturated carbocycles. The van der Waals surface area contributed by atoms with Crippen LogP contribution in [0, 0.1) is 0 Å². The van der Waals surface area contributed by atoms with E-state index >= 15 is 0 Å². The number of halogens is 1. The molecule has 0 aromatic carbocycles. The maximum Gasteiger partial charge on any atom is 0.307 e. The smallest absolute Gasteiger partial charge is 0.307 e. The van der Waals surface area contributed by atoms with Gasteiger partial charge in [-0.25, -0.2) is 0 Å². The van der Waals surface area contributed by atoms with Gasteiger partial charge in [-0.05, 0) is 19.1 Å². The highest BCUT2D eigenvalue weighted by Gasteiger charge is 2.09. The van der Waals surface area contributed by atoms with E-state index in [1.54, 1.807) is 12.1 Å². The minimum absolute atomic E-state index is 0.236. The van der Waals surface area contributed by atoms with Gasteiger partial charge in [-0.15, -0.1) is 10.2 Å². The molecule has 1 rings (SSSR count). The Bertz CT molecular complexity index is 342. The van der Waals surface area contributed by atoms with E-state index in [0.29, 0.717) is 23.9 Å². The number of carbonyl (C=O) groups excluding carboxylic acids is 1. The first kappa shape index (κ1) is 12.7. The number of ether oxygens (including phenoxy) is 1. The second-order valence-electron chi connectivity index (χ2n) is 3.12. The lowest BCUT2D eigenvalue weighted by Crippen LogP contribution is -2.27. The monoisotopic (exact) mass is 243 g/mol. The molecule has 1 aromatic heterocycles. The zero-order valence-electron chi connectivity index (χ0n) is 9.31. The molecule has 0 aliphatic rings. The Kier molecular flexibility index (Phi) is 4.98. The molecule has 0 bridgehead atoms. The van der Waals surface area contributed by atoms with Gasteiger partial charge in [0, 0.05) is 13.1 Å². The number of hydrogen-bond acceptors (Lipinski definition) is 5. The third kappa shape index (κ3) is 3.66. The number of rotatable bonds is 5. The van der Waals surface area contributed by atoms with Crippen molar-refractivity contribution >= 4 is 23.4 Å². The van der Waals surface area contributed by atoms with Crippen LogP contribution in [-0.4, -0.2) is 36.4 Å². The topological polar surface area (TPSA) is 55.3 Å². The number of aromatic nitrogens is 2. The molecule has 0 aliphatic carbocycles. The molecule has 0 N–H and O–H groups in total.